The van der Waals surface area contributed by atoms with Gasteiger partial charge in [-0.15, -0.1) is 0 Å². The van der Waals surface area contributed by atoms with E-state index >= 15 is 0 Å². The summed E-state index contributed by atoms with van der Waals surface area (Å²) < 4.78 is 5.42. The van der Waals surface area contributed by atoms with Crippen molar-refractivity contribution in [1.82, 2.24) is 0 Å². The molecule has 3 heteroatoms. The molecule has 0 radical (unpaired) electrons. The van der Waals surface area contributed by atoms with Crippen LogP contribution in [0.15, 0.2) is 24.3 Å². The van der Waals surface area contributed by atoms with E-state index in [-0.39, 0.29) is 6.10 Å². The molecule has 0 bridgehead atoms. The highest BCUT2D eigenvalue weighted by Crippen LogP contribution is 2.18. The van der Waals surface area contributed by atoms with Crippen LogP contribution in [0.5, 0.6) is 5.75 Å². The first-order chi connectivity index (χ1) is 6.63. The minimum Gasteiger partial charge on any atom is -0.491 e. The van der Waals surface area contributed by atoms with Crippen molar-refractivity contribution in [1.29, 1.82) is 0 Å². The van der Waals surface area contributed by atoms with Crippen LogP contribution >= 0.6 is 0 Å². The lowest BCUT2D eigenvalue weighted by Gasteiger charge is -2.11. The third kappa shape index (κ3) is 2.85. The van der Waals surface area contributed by atoms with Gasteiger partial charge in [0.05, 0.1) is 6.10 Å². The Morgan fingerprint density at radius 1 is 1.43 bits per heavy atom. The Morgan fingerprint density at radius 3 is 2.71 bits per heavy atom. The zero-order valence-corrected chi connectivity index (χ0v) is 8.31. The largest absolute Gasteiger partial charge is 0.491 e. The van der Waals surface area contributed by atoms with E-state index in [4.69, 9.17) is 4.74 Å². The van der Waals surface area contributed by atoms with E-state index in [0.29, 0.717) is 17.6 Å². The Hall–Kier alpha value is -1.35. The molecule has 0 saturated heterocycles. The van der Waals surface area contributed by atoms with Crippen molar-refractivity contribution in [3.05, 3.63) is 29.8 Å². The standard InChI is InChI=1S/C11H14O3/c1-8(2)14-10-5-3-4-9(6-10)11(13)7-12/h3-8,11,13H,1-2H3. The summed E-state index contributed by atoms with van der Waals surface area (Å²) in [6.45, 7) is 3.84. The Balaban J connectivity index is 2.83. The lowest BCUT2D eigenvalue weighted by Crippen LogP contribution is -2.06. The van der Waals surface area contributed by atoms with Crippen LogP contribution in [0, 0.1) is 0 Å². The summed E-state index contributed by atoms with van der Waals surface area (Å²) in [5.41, 5.74) is 0.554. The van der Waals surface area contributed by atoms with E-state index < -0.39 is 6.10 Å². The van der Waals surface area contributed by atoms with Crippen molar-refractivity contribution in [3.63, 3.8) is 0 Å². The van der Waals surface area contributed by atoms with Crippen LogP contribution in [0.4, 0.5) is 0 Å². The highest BCUT2D eigenvalue weighted by Gasteiger charge is 2.06. The molecular weight excluding hydrogens is 180 g/mol. The summed E-state index contributed by atoms with van der Waals surface area (Å²) in [5, 5.41) is 9.26. The first-order valence-corrected chi connectivity index (χ1v) is 4.53. The molecule has 0 amide bonds. The summed E-state index contributed by atoms with van der Waals surface area (Å²) >= 11 is 0. The fourth-order valence-corrected chi connectivity index (χ4v) is 1.12. The SMILES string of the molecule is CC(C)Oc1cccc(C(O)C=O)c1. The molecule has 0 fully saturated rings. The molecule has 1 rings (SSSR count). The molecule has 1 aromatic rings. The molecular formula is C11H14O3. The minimum absolute atomic E-state index is 0.0821. The van der Waals surface area contributed by atoms with Crippen molar-refractivity contribution in [2.24, 2.45) is 0 Å². The lowest BCUT2D eigenvalue weighted by atomic mass is 10.1. The molecule has 0 aliphatic heterocycles. The van der Waals surface area contributed by atoms with Gasteiger partial charge in [-0.05, 0) is 31.5 Å². The van der Waals surface area contributed by atoms with Crippen LogP contribution in [0.3, 0.4) is 0 Å². The molecule has 0 aromatic heterocycles. The van der Waals surface area contributed by atoms with E-state index in [1.165, 1.54) is 0 Å². The molecule has 1 unspecified atom stereocenters. The second kappa shape index (κ2) is 4.77. The predicted octanol–water partition coefficient (Wildman–Crippen LogP) is 1.71. The van der Waals surface area contributed by atoms with Gasteiger partial charge >= 0.3 is 0 Å². The van der Waals surface area contributed by atoms with Crippen LogP contribution in [0.1, 0.15) is 25.5 Å². The molecule has 3 nitrogen and oxygen atoms in total. The fraction of sp³-hybridized carbons (Fsp3) is 0.364. The van der Waals surface area contributed by atoms with Crippen LogP contribution in [-0.2, 0) is 4.79 Å². The van der Waals surface area contributed by atoms with Gasteiger partial charge in [0.1, 0.15) is 11.9 Å². The van der Waals surface area contributed by atoms with Crippen molar-refractivity contribution >= 4 is 6.29 Å². The Bertz CT molecular complexity index is 307. The maximum absolute atomic E-state index is 10.3. The number of hydrogen-bond acceptors (Lipinski definition) is 3. The second-order valence-electron chi connectivity index (χ2n) is 3.32. The number of aliphatic hydroxyl groups is 1. The molecule has 1 N–H and O–H groups in total. The van der Waals surface area contributed by atoms with E-state index in [2.05, 4.69) is 0 Å². The molecule has 14 heavy (non-hydrogen) atoms. The first kappa shape index (κ1) is 10.7. The zero-order valence-electron chi connectivity index (χ0n) is 8.31. The summed E-state index contributed by atoms with van der Waals surface area (Å²) in [6, 6.07) is 6.89. The number of rotatable bonds is 4. The van der Waals surface area contributed by atoms with Gasteiger partial charge in [-0.3, -0.25) is 0 Å². The molecule has 0 aliphatic rings. The highest BCUT2D eigenvalue weighted by atomic mass is 16.5. The first-order valence-electron chi connectivity index (χ1n) is 4.53. The van der Waals surface area contributed by atoms with Gasteiger partial charge in [0, 0.05) is 0 Å². The van der Waals surface area contributed by atoms with Crippen LogP contribution < -0.4 is 4.74 Å². The van der Waals surface area contributed by atoms with Crippen molar-refractivity contribution < 1.29 is 14.6 Å². The highest BCUT2D eigenvalue weighted by molar-refractivity contribution is 5.59. The molecule has 1 atom stereocenters. The van der Waals surface area contributed by atoms with Gasteiger partial charge in [-0.1, -0.05) is 12.1 Å². The van der Waals surface area contributed by atoms with E-state index in [1.807, 2.05) is 13.8 Å². The van der Waals surface area contributed by atoms with Crippen molar-refractivity contribution in [2.75, 3.05) is 0 Å². The van der Waals surface area contributed by atoms with Crippen molar-refractivity contribution in [2.45, 2.75) is 26.1 Å². The number of aldehydes is 1. The van der Waals surface area contributed by atoms with Gasteiger partial charge in [-0.2, -0.15) is 0 Å². The summed E-state index contributed by atoms with van der Waals surface area (Å²) in [4.78, 5) is 10.3. The predicted molar refractivity (Wildman–Crippen MR) is 53.2 cm³/mol. The van der Waals surface area contributed by atoms with E-state index in [1.54, 1.807) is 24.3 Å². The normalized spacial score (nSPS) is 12.6. The molecule has 0 saturated carbocycles. The third-order valence-corrected chi connectivity index (χ3v) is 1.70. The number of benzene rings is 1. The number of carbonyl (C=O) groups excluding carboxylic acids is 1. The average Bonchev–Trinajstić information content (AvgIpc) is 2.16. The summed E-state index contributed by atoms with van der Waals surface area (Å²) in [6.07, 6.45) is -0.488. The van der Waals surface area contributed by atoms with Crippen LogP contribution in [0.2, 0.25) is 0 Å². The molecule has 1 aromatic carbocycles. The van der Waals surface area contributed by atoms with Gasteiger partial charge in [0.25, 0.3) is 0 Å². The number of ether oxygens (including phenoxy) is 1. The maximum atomic E-state index is 10.3. The monoisotopic (exact) mass is 194 g/mol. The maximum Gasteiger partial charge on any atom is 0.153 e. The minimum atomic E-state index is -1.06. The number of aliphatic hydroxyl groups excluding tert-OH is 1. The Morgan fingerprint density at radius 2 is 2.14 bits per heavy atom. The third-order valence-electron chi connectivity index (χ3n) is 1.70. The molecule has 76 valence electrons. The topological polar surface area (TPSA) is 46.5 Å². The zero-order chi connectivity index (χ0) is 10.6. The quantitative estimate of drug-likeness (QED) is 0.742. The van der Waals surface area contributed by atoms with Crippen molar-refractivity contribution in [3.8, 4) is 5.75 Å². The van der Waals surface area contributed by atoms with Gasteiger partial charge in [-0.25, -0.2) is 0 Å². The molecule has 0 spiro atoms. The van der Waals surface area contributed by atoms with E-state index in [9.17, 15) is 9.90 Å². The van der Waals surface area contributed by atoms with Crippen LogP contribution in [-0.4, -0.2) is 17.5 Å². The Labute approximate surface area is 83.3 Å². The average molecular weight is 194 g/mol. The molecule has 0 aliphatic carbocycles. The number of hydrogen-bond donors (Lipinski definition) is 1. The summed E-state index contributed by atoms with van der Waals surface area (Å²) in [7, 11) is 0. The molecule has 0 heterocycles. The van der Waals surface area contributed by atoms with Crippen LogP contribution in [0.25, 0.3) is 0 Å². The smallest absolute Gasteiger partial charge is 0.153 e. The van der Waals surface area contributed by atoms with Gasteiger partial charge in [0.15, 0.2) is 6.29 Å². The van der Waals surface area contributed by atoms with Gasteiger partial charge < -0.3 is 14.6 Å². The Kier molecular flexibility index (Phi) is 3.65. The number of carbonyl (C=O) groups is 1. The van der Waals surface area contributed by atoms with E-state index in [0.717, 1.165) is 0 Å². The fourth-order valence-electron chi connectivity index (χ4n) is 1.12. The van der Waals surface area contributed by atoms with Gasteiger partial charge in [0.2, 0.25) is 0 Å². The lowest BCUT2D eigenvalue weighted by molar-refractivity contribution is -0.115. The second-order valence-corrected chi connectivity index (χ2v) is 3.32. The summed E-state index contributed by atoms with van der Waals surface area (Å²) in [5.74, 6) is 0.665.